The minimum Gasteiger partial charge on any atom is -0.347 e. The van der Waals surface area contributed by atoms with Crippen molar-refractivity contribution in [2.75, 3.05) is 13.2 Å². The van der Waals surface area contributed by atoms with Crippen LogP contribution in [0.15, 0.2) is 10.7 Å². The second kappa shape index (κ2) is 1.89. The first-order valence-electron chi connectivity index (χ1n) is 3.50. The molecule has 2 nitrogen and oxygen atoms in total. The molecule has 2 heteroatoms. The van der Waals surface area contributed by atoms with E-state index < -0.39 is 0 Å². The van der Waals surface area contributed by atoms with E-state index in [-0.39, 0.29) is 0 Å². The van der Waals surface area contributed by atoms with Crippen LogP contribution in [0.3, 0.4) is 0 Å². The first-order valence-corrected chi connectivity index (χ1v) is 3.50. The van der Waals surface area contributed by atoms with E-state index in [1.807, 2.05) is 0 Å². The molecule has 2 aliphatic heterocycles. The molecule has 0 aromatic heterocycles. The highest BCUT2D eigenvalue weighted by molar-refractivity contribution is 5.59. The summed E-state index contributed by atoms with van der Waals surface area (Å²) in [7, 11) is 0. The van der Waals surface area contributed by atoms with Gasteiger partial charge in [-0.1, -0.05) is 0 Å². The third-order valence-electron chi connectivity index (χ3n) is 1.92. The summed E-state index contributed by atoms with van der Waals surface area (Å²) in [6.07, 6.45) is 3.86. The number of aliphatic imine (C=N–C) groups is 1. The van der Waals surface area contributed by atoms with E-state index in [0.717, 1.165) is 6.67 Å². The van der Waals surface area contributed by atoms with Gasteiger partial charge in [0.15, 0.2) is 0 Å². The molecule has 2 rings (SSSR count). The van der Waals surface area contributed by atoms with Gasteiger partial charge in [0.2, 0.25) is 0 Å². The van der Waals surface area contributed by atoms with Crippen LogP contribution in [-0.2, 0) is 0 Å². The van der Waals surface area contributed by atoms with Gasteiger partial charge in [-0.2, -0.15) is 0 Å². The van der Waals surface area contributed by atoms with Gasteiger partial charge in [0, 0.05) is 12.4 Å². The summed E-state index contributed by atoms with van der Waals surface area (Å²) in [6, 6.07) is 0. The summed E-state index contributed by atoms with van der Waals surface area (Å²) in [6.45, 7) is 2.07. The standard InChI is InChI=1S/C7H10N2/c1-2-4-9-6-8-5-7(9)3-1/h1-4,6H2. The number of fused-ring (bicyclic) bond motifs is 1. The number of hydrogen-bond donors (Lipinski definition) is 0. The molecule has 2 heterocycles. The second-order valence-corrected chi connectivity index (χ2v) is 2.58. The fraction of sp³-hybridized carbons (Fsp3) is 0.714. The van der Waals surface area contributed by atoms with Crippen LogP contribution in [0, 0.1) is 0 Å². The normalized spacial score (nSPS) is 24.0. The number of rotatable bonds is 0. The molecule has 1 saturated heterocycles. The van der Waals surface area contributed by atoms with Crippen LogP contribution >= 0.6 is 0 Å². The summed E-state index contributed by atoms with van der Waals surface area (Å²) in [5.74, 6) is 3.03. The van der Waals surface area contributed by atoms with Gasteiger partial charge >= 0.3 is 0 Å². The number of allylic oxidation sites excluding steroid dienone is 1. The van der Waals surface area contributed by atoms with Crippen molar-refractivity contribution in [2.45, 2.75) is 19.3 Å². The van der Waals surface area contributed by atoms with Crippen LogP contribution in [0.2, 0.25) is 0 Å². The highest BCUT2D eigenvalue weighted by Gasteiger charge is 2.16. The molecule has 0 unspecified atom stereocenters. The third kappa shape index (κ3) is 0.757. The Balaban J connectivity index is 2.16. The van der Waals surface area contributed by atoms with Crippen LogP contribution < -0.4 is 0 Å². The summed E-state index contributed by atoms with van der Waals surface area (Å²) in [5, 5.41) is 0. The van der Waals surface area contributed by atoms with Crippen LogP contribution in [0.25, 0.3) is 0 Å². The van der Waals surface area contributed by atoms with Gasteiger partial charge < -0.3 is 4.90 Å². The van der Waals surface area contributed by atoms with Gasteiger partial charge in [-0.3, -0.25) is 0 Å². The predicted molar refractivity (Wildman–Crippen MR) is 36.4 cm³/mol. The third-order valence-corrected chi connectivity index (χ3v) is 1.92. The molecule has 0 radical (unpaired) electrons. The summed E-state index contributed by atoms with van der Waals surface area (Å²) < 4.78 is 0. The molecule has 0 amide bonds. The molecule has 0 aliphatic carbocycles. The highest BCUT2D eigenvalue weighted by Crippen LogP contribution is 2.19. The summed E-state index contributed by atoms with van der Waals surface area (Å²) >= 11 is 0. The average molecular weight is 122 g/mol. The quantitative estimate of drug-likeness (QED) is 0.468. The highest BCUT2D eigenvalue weighted by atomic mass is 15.2. The molecule has 0 N–H and O–H groups in total. The number of piperidine rings is 1. The van der Waals surface area contributed by atoms with Gasteiger partial charge in [0.05, 0.1) is 5.70 Å². The fourth-order valence-electron chi connectivity index (χ4n) is 1.38. The smallest absolute Gasteiger partial charge is 0.120 e. The lowest BCUT2D eigenvalue weighted by Gasteiger charge is -2.24. The first kappa shape index (κ1) is 5.07. The van der Waals surface area contributed by atoms with Gasteiger partial charge in [-0.05, 0) is 19.3 Å². The topological polar surface area (TPSA) is 15.6 Å². The van der Waals surface area contributed by atoms with E-state index in [1.54, 1.807) is 0 Å². The fourth-order valence-corrected chi connectivity index (χ4v) is 1.38. The zero-order chi connectivity index (χ0) is 6.10. The van der Waals surface area contributed by atoms with Crippen molar-refractivity contribution in [3.63, 3.8) is 0 Å². The Labute approximate surface area is 54.9 Å². The minimum atomic E-state index is 0.870. The Kier molecular flexibility index (Phi) is 1.06. The van der Waals surface area contributed by atoms with Crippen molar-refractivity contribution in [3.05, 3.63) is 5.70 Å². The van der Waals surface area contributed by atoms with Crippen molar-refractivity contribution in [2.24, 2.45) is 4.99 Å². The van der Waals surface area contributed by atoms with Crippen molar-refractivity contribution in [1.82, 2.24) is 4.90 Å². The monoisotopic (exact) mass is 122 g/mol. The van der Waals surface area contributed by atoms with E-state index in [4.69, 9.17) is 0 Å². The van der Waals surface area contributed by atoms with Crippen molar-refractivity contribution in [1.29, 1.82) is 0 Å². The maximum absolute atomic E-state index is 4.07. The van der Waals surface area contributed by atoms with E-state index in [0.29, 0.717) is 0 Å². The molecule has 9 heavy (non-hydrogen) atoms. The molecule has 0 spiro atoms. The molecule has 2 aliphatic rings. The largest absolute Gasteiger partial charge is 0.347 e. The van der Waals surface area contributed by atoms with Crippen molar-refractivity contribution >= 4 is 5.87 Å². The molecule has 0 saturated carbocycles. The Morgan fingerprint density at radius 3 is 3.33 bits per heavy atom. The summed E-state index contributed by atoms with van der Waals surface area (Å²) in [4.78, 5) is 6.38. The molecule has 1 fully saturated rings. The SMILES string of the molecule is C1=NCN2CCCCC=12. The van der Waals surface area contributed by atoms with Gasteiger partial charge in [0.1, 0.15) is 6.67 Å². The van der Waals surface area contributed by atoms with Crippen LogP contribution in [0.4, 0.5) is 0 Å². The van der Waals surface area contributed by atoms with E-state index in [9.17, 15) is 0 Å². The molecule has 0 aromatic carbocycles. The van der Waals surface area contributed by atoms with Crippen LogP contribution in [0.1, 0.15) is 19.3 Å². The van der Waals surface area contributed by atoms with Crippen molar-refractivity contribution < 1.29 is 0 Å². The Morgan fingerprint density at radius 2 is 2.44 bits per heavy atom. The Hall–Kier alpha value is -0.750. The predicted octanol–water partition coefficient (Wildman–Crippen LogP) is 0.997. The van der Waals surface area contributed by atoms with Gasteiger partial charge in [-0.15, -0.1) is 0 Å². The van der Waals surface area contributed by atoms with E-state index in [2.05, 4.69) is 15.8 Å². The number of hydrogen-bond acceptors (Lipinski definition) is 2. The maximum Gasteiger partial charge on any atom is 0.120 e. The van der Waals surface area contributed by atoms with Gasteiger partial charge in [0.25, 0.3) is 0 Å². The molecule has 48 valence electrons. The molecule has 0 bridgehead atoms. The zero-order valence-corrected chi connectivity index (χ0v) is 5.43. The van der Waals surface area contributed by atoms with Gasteiger partial charge in [-0.25, -0.2) is 4.99 Å². The lowest BCUT2D eigenvalue weighted by atomic mass is 10.1. The van der Waals surface area contributed by atoms with E-state index >= 15 is 0 Å². The molecular formula is C7H10N2. The minimum absolute atomic E-state index is 0.870. The lowest BCUT2D eigenvalue weighted by molar-refractivity contribution is 0.315. The summed E-state index contributed by atoms with van der Waals surface area (Å²) in [5.41, 5.74) is 1.33. The first-order chi connectivity index (χ1) is 4.47. The second-order valence-electron chi connectivity index (χ2n) is 2.58. The van der Waals surface area contributed by atoms with Crippen molar-refractivity contribution in [3.8, 4) is 0 Å². The van der Waals surface area contributed by atoms with Crippen LogP contribution in [0.5, 0.6) is 0 Å². The zero-order valence-electron chi connectivity index (χ0n) is 5.43. The molecule has 0 atom stereocenters. The Bertz CT molecular complexity index is 177. The van der Waals surface area contributed by atoms with Crippen LogP contribution in [-0.4, -0.2) is 24.0 Å². The Morgan fingerprint density at radius 1 is 1.44 bits per heavy atom. The average Bonchev–Trinajstić information content (AvgIpc) is 2.33. The van der Waals surface area contributed by atoms with E-state index in [1.165, 1.54) is 31.5 Å². The maximum atomic E-state index is 4.07. The number of nitrogens with zero attached hydrogens (tertiary/aromatic N) is 2. The molecular weight excluding hydrogens is 112 g/mol. The molecule has 0 aromatic rings. The lowest BCUT2D eigenvalue weighted by Crippen LogP contribution is -2.25.